The number of hydrogen-bond donors (Lipinski definition) is 0. The molecule has 1 amide bonds. The van der Waals surface area contributed by atoms with Crippen molar-refractivity contribution in [3.8, 4) is 0 Å². The van der Waals surface area contributed by atoms with Crippen LogP contribution >= 0.6 is 15.9 Å². The third-order valence-electron chi connectivity index (χ3n) is 5.58. The molecule has 3 nitrogen and oxygen atoms in total. The average Bonchev–Trinajstić information content (AvgIpc) is 2.61. The van der Waals surface area contributed by atoms with Crippen LogP contribution in [-0.2, 0) is 15.9 Å². The van der Waals surface area contributed by atoms with E-state index in [2.05, 4.69) is 74.8 Å². The maximum absolute atomic E-state index is 13.3. The van der Waals surface area contributed by atoms with Crippen LogP contribution in [0.3, 0.4) is 0 Å². The van der Waals surface area contributed by atoms with Crippen molar-refractivity contribution < 1.29 is 9.53 Å². The highest BCUT2D eigenvalue weighted by Gasteiger charge is 2.47. The number of halogens is 1. The molecule has 4 heteroatoms. The Morgan fingerprint density at radius 2 is 1.61 bits per heavy atom. The minimum Gasteiger partial charge on any atom is -0.438 e. The van der Waals surface area contributed by atoms with Gasteiger partial charge in [0.25, 0.3) is 0 Å². The van der Waals surface area contributed by atoms with E-state index in [9.17, 15) is 4.79 Å². The zero-order valence-electron chi connectivity index (χ0n) is 17.5. The van der Waals surface area contributed by atoms with Crippen molar-refractivity contribution in [3.63, 3.8) is 0 Å². The normalized spacial score (nSPS) is 20.8. The molecule has 1 aliphatic heterocycles. The molecule has 1 unspecified atom stereocenters. The summed E-state index contributed by atoms with van der Waals surface area (Å²) < 4.78 is 7.29. The summed E-state index contributed by atoms with van der Waals surface area (Å²) in [7, 11) is 0. The lowest BCUT2D eigenvalue weighted by Gasteiger charge is -2.49. The number of cyclic esters (lactones) is 1. The van der Waals surface area contributed by atoms with Gasteiger partial charge in [-0.1, -0.05) is 79.2 Å². The molecular weight excluding hydrogens is 414 g/mol. The molecule has 2 aromatic carbocycles. The van der Waals surface area contributed by atoms with Crippen LogP contribution in [0.4, 0.5) is 4.79 Å². The Bertz CT molecular complexity index is 824. The van der Waals surface area contributed by atoms with Gasteiger partial charge < -0.3 is 4.74 Å². The lowest BCUT2D eigenvalue weighted by molar-refractivity contribution is -0.0915. The number of carbonyl (C=O) groups is 1. The van der Waals surface area contributed by atoms with Crippen molar-refractivity contribution in [3.05, 3.63) is 70.2 Å². The van der Waals surface area contributed by atoms with Crippen LogP contribution < -0.4 is 0 Å². The Morgan fingerprint density at radius 3 is 2.14 bits per heavy atom. The number of hydrogen-bond acceptors (Lipinski definition) is 2. The lowest BCUT2D eigenvalue weighted by atomic mass is 9.75. The average molecular weight is 444 g/mol. The van der Waals surface area contributed by atoms with Crippen molar-refractivity contribution >= 4 is 22.0 Å². The van der Waals surface area contributed by atoms with Crippen LogP contribution in [0.25, 0.3) is 0 Å². The van der Waals surface area contributed by atoms with Crippen LogP contribution in [0, 0.1) is 5.41 Å². The Balaban J connectivity index is 1.91. The van der Waals surface area contributed by atoms with E-state index in [4.69, 9.17) is 4.74 Å². The molecule has 1 aliphatic rings. The van der Waals surface area contributed by atoms with E-state index in [1.165, 1.54) is 0 Å². The Hall–Kier alpha value is -1.81. The van der Waals surface area contributed by atoms with Gasteiger partial charge in [0.05, 0.1) is 5.54 Å². The van der Waals surface area contributed by atoms with E-state index in [0.29, 0.717) is 6.54 Å². The van der Waals surface area contributed by atoms with Crippen LogP contribution in [0.5, 0.6) is 0 Å². The lowest BCUT2D eigenvalue weighted by Crippen LogP contribution is -2.55. The molecule has 150 valence electrons. The number of rotatable bonds is 4. The fraction of sp³-hybridized carbons (Fsp3) is 0.458. The van der Waals surface area contributed by atoms with E-state index in [1.54, 1.807) is 0 Å². The zero-order valence-corrected chi connectivity index (χ0v) is 19.0. The van der Waals surface area contributed by atoms with Crippen molar-refractivity contribution in [1.29, 1.82) is 0 Å². The highest BCUT2D eigenvalue weighted by molar-refractivity contribution is 9.10. The van der Waals surface area contributed by atoms with E-state index in [1.807, 2.05) is 35.2 Å². The van der Waals surface area contributed by atoms with Gasteiger partial charge in [-0.05, 0) is 48.9 Å². The SMILES string of the molecule is CC(C)(C)CC1(c2ccccc2)CCN(C(C)(C)c2ccc(Br)cc2)C(=O)O1. The van der Waals surface area contributed by atoms with Gasteiger partial charge in [-0.3, -0.25) is 4.90 Å². The van der Waals surface area contributed by atoms with Gasteiger partial charge in [-0.25, -0.2) is 4.79 Å². The summed E-state index contributed by atoms with van der Waals surface area (Å²) in [6.45, 7) is 11.4. The zero-order chi connectivity index (χ0) is 20.6. The summed E-state index contributed by atoms with van der Waals surface area (Å²) in [6.07, 6.45) is 1.33. The van der Waals surface area contributed by atoms with Crippen LogP contribution in [-0.4, -0.2) is 17.5 Å². The summed E-state index contributed by atoms with van der Waals surface area (Å²) in [4.78, 5) is 15.1. The number of benzene rings is 2. The minimum atomic E-state index is -0.580. The Morgan fingerprint density at radius 1 is 1.00 bits per heavy atom. The maximum Gasteiger partial charge on any atom is 0.411 e. The van der Waals surface area contributed by atoms with Gasteiger partial charge in [-0.15, -0.1) is 0 Å². The molecule has 0 bridgehead atoms. The van der Waals surface area contributed by atoms with Crippen molar-refractivity contribution in [1.82, 2.24) is 4.90 Å². The summed E-state index contributed by atoms with van der Waals surface area (Å²) in [6, 6.07) is 18.3. The van der Waals surface area contributed by atoms with Crippen molar-refractivity contribution in [2.24, 2.45) is 5.41 Å². The summed E-state index contributed by atoms with van der Waals surface area (Å²) >= 11 is 3.48. The molecule has 3 rings (SSSR count). The number of amides is 1. The first-order valence-corrected chi connectivity index (χ1v) is 10.7. The van der Waals surface area contributed by atoms with E-state index in [-0.39, 0.29) is 11.5 Å². The molecule has 0 radical (unpaired) electrons. The molecule has 0 saturated carbocycles. The van der Waals surface area contributed by atoms with Gasteiger partial charge >= 0.3 is 6.09 Å². The second-order valence-electron chi connectivity index (χ2n) is 9.43. The van der Waals surface area contributed by atoms with E-state index < -0.39 is 11.1 Å². The predicted molar refractivity (Wildman–Crippen MR) is 117 cm³/mol. The molecule has 1 saturated heterocycles. The first-order valence-electron chi connectivity index (χ1n) is 9.86. The van der Waals surface area contributed by atoms with Gasteiger partial charge in [-0.2, -0.15) is 0 Å². The second-order valence-corrected chi connectivity index (χ2v) is 10.3. The topological polar surface area (TPSA) is 29.5 Å². The van der Waals surface area contributed by atoms with Gasteiger partial charge in [0.2, 0.25) is 0 Å². The third-order valence-corrected chi connectivity index (χ3v) is 6.11. The quantitative estimate of drug-likeness (QED) is 0.516. The first-order chi connectivity index (χ1) is 13.0. The number of nitrogens with zero attached hydrogens (tertiary/aromatic N) is 1. The molecule has 1 fully saturated rings. The maximum atomic E-state index is 13.3. The fourth-order valence-corrected chi connectivity index (χ4v) is 4.47. The summed E-state index contributed by atoms with van der Waals surface area (Å²) in [5.74, 6) is 0. The Labute approximate surface area is 177 Å². The molecule has 2 aromatic rings. The molecule has 28 heavy (non-hydrogen) atoms. The van der Waals surface area contributed by atoms with Gasteiger partial charge in [0.1, 0.15) is 5.60 Å². The highest BCUT2D eigenvalue weighted by Crippen LogP contribution is 2.45. The molecular formula is C24H30BrNO2. The van der Waals surface area contributed by atoms with E-state index >= 15 is 0 Å². The standard InChI is InChI=1S/C24H30BrNO2/c1-22(2,3)17-24(19-9-7-6-8-10-19)15-16-26(21(27)28-24)23(4,5)18-11-13-20(25)14-12-18/h6-14H,15-17H2,1-5H3. The second kappa shape index (κ2) is 7.55. The summed E-state index contributed by atoms with van der Waals surface area (Å²) in [5, 5.41) is 0. The molecule has 0 aliphatic carbocycles. The minimum absolute atomic E-state index is 0.0412. The molecule has 0 N–H and O–H groups in total. The smallest absolute Gasteiger partial charge is 0.411 e. The molecule has 0 aromatic heterocycles. The number of ether oxygens (including phenoxy) is 1. The fourth-order valence-electron chi connectivity index (χ4n) is 4.21. The van der Waals surface area contributed by atoms with Crippen LogP contribution in [0.15, 0.2) is 59.1 Å². The first kappa shape index (κ1) is 20.9. The third kappa shape index (κ3) is 4.27. The van der Waals surface area contributed by atoms with Gasteiger partial charge in [0, 0.05) is 17.4 Å². The predicted octanol–water partition coefficient (Wildman–Crippen LogP) is 6.86. The van der Waals surface area contributed by atoms with E-state index in [0.717, 1.165) is 28.4 Å². The Kier molecular flexibility index (Phi) is 5.64. The number of carbonyl (C=O) groups excluding carboxylic acids is 1. The summed E-state index contributed by atoms with van der Waals surface area (Å²) in [5.41, 5.74) is 1.19. The van der Waals surface area contributed by atoms with Crippen molar-refractivity contribution in [2.45, 2.75) is 58.6 Å². The van der Waals surface area contributed by atoms with Crippen LogP contribution in [0.2, 0.25) is 0 Å². The van der Waals surface area contributed by atoms with Crippen molar-refractivity contribution in [2.75, 3.05) is 6.54 Å². The monoisotopic (exact) mass is 443 g/mol. The molecule has 1 atom stereocenters. The highest BCUT2D eigenvalue weighted by atomic mass is 79.9. The molecule has 1 heterocycles. The largest absolute Gasteiger partial charge is 0.438 e. The molecule has 0 spiro atoms. The van der Waals surface area contributed by atoms with Gasteiger partial charge in [0.15, 0.2) is 0 Å². The van der Waals surface area contributed by atoms with Crippen LogP contribution in [0.1, 0.15) is 58.6 Å².